The predicted molar refractivity (Wildman–Crippen MR) is 68.8 cm³/mol. The molecule has 0 aliphatic carbocycles. The Bertz CT molecular complexity index is 463. The van der Waals surface area contributed by atoms with Crippen molar-refractivity contribution in [1.29, 1.82) is 0 Å². The summed E-state index contributed by atoms with van der Waals surface area (Å²) in [6.45, 7) is 3.34. The van der Waals surface area contributed by atoms with Gasteiger partial charge in [0.05, 0.1) is 6.61 Å². The second-order valence-electron chi connectivity index (χ2n) is 3.65. The van der Waals surface area contributed by atoms with Gasteiger partial charge in [-0.2, -0.15) is 13.2 Å². The van der Waals surface area contributed by atoms with Crippen LogP contribution in [0.1, 0.15) is 24.8 Å². The molecule has 1 aromatic carbocycles. The normalized spacial score (nSPS) is 13.2. The molecule has 0 spiro atoms. The molecular formula is C12H12ClF3O2S. The second kappa shape index (κ2) is 6.52. The lowest BCUT2D eigenvalue weighted by Gasteiger charge is -2.15. The highest BCUT2D eigenvalue weighted by atomic mass is 35.5. The number of halogens is 4. The standard InChI is InChI=1S/C12H12ClF3O2S/c1-3-18-10-5-4-8(19-12(14,15)16)6-9(10)11(13)7(2)17/h4-6,11H,3H2,1-2H3. The van der Waals surface area contributed by atoms with Crippen LogP contribution in [-0.2, 0) is 4.79 Å². The Morgan fingerprint density at radius 2 is 2.11 bits per heavy atom. The number of Topliss-reactive ketones (excluding diaryl/α,β-unsaturated/α-hetero) is 1. The van der Waals surface area contributed by atoms with Crippen molar-refractivity contribution in [3.63, 3.8) is 0 Å². The lowest BCUT2D eigenvalue weighted by atomic mass is 10.1. The highest BCUT2D eigenvalue weighted by Gasteiger charge is 2.30. The zero-order valence-electron chi connectivity index (χ0n) is 10.3. The fourth-order valence-electron chi connectivity index (χ4n) is 1.43. The van der Waals surface area contributed by atoms with Crippen molar-refractivity contribution in [3.05, 3.63) is 23.8 Å². The molecule has 1 aromatic rings. The lowest BCUT2D eigenvalue weighted by molar-refractivity contribution is -0.116. The first-order valence-electron chi connectivity index (χ1n) is 5.41. The first kappa shape index (κ1) is 16.2. The zero-order valence-corrected chi connectivity index (χ0v) is 11.8. The Morgan fingerprint density at radius 1 is 1.47 bits per heavy atom. The molecular weight excluding hydrogens is 301 g/mol. The van der Waals surface area contributed by atoms with Crippen LogP contribution in [0.15, 0.2) is 23.1 Å². The minimum Gasteiger partial charge on any atom is -0.494 e. The average molecular weight is 313 g/mol. The number of benzene rings is 1. The van der Waals surface area contributed by atoms with Crippen LogP contribution in [0.3, 0.4) is 0 Å². The van der Waals surface area contributed by atoms with Crippen molar-refractivity contribution in [1.82, 2.24) is 0 Å². The molecule has 1 rings (SSSR count). The quantitative estimate of drug-likeness (QED) is 0.588. The number of thioether (sulfide) groups is 1. The van der Waals surface area contributed by atoms with Crippen molar-refractivity contribution >= 4 is 29.1 Å². The summed E-state index contributed by atoms with van der Waals surface area (Å²) in [5.74, 6) is -0.0268. The molecule has 0 radical (unpaired) electrons. The third kappa shape index (κ3) is 4.95. The fraction of sp³-hybridized carbons (Fsp3) is 0.417. The van der Waals surface area contributed by atoms with Crippen LogP contribution in [0.4, 0.5) is 13.2 Å². The van der Waals surface area contributed by atoms with Gasteiger partial charge in [0.2, 0.25) is 0 Å². The fourth-order valence-corrected chi connectivity index (χ4v) is 2.19. The topological polar surface area (TPSA) is 26.3 Å². The van der Waals surface area contributed by atoms with Crippen LogP contribution in [0.25, 0.3) is 0 Å². The molecule has 1 atom stereocenters. The van der Waals surface area contributed by atoms with E-state index >= 15 is 0 Å². The highest BCUT2D eigenvalue weighted by molar-refractivity contribution is 8.00. The van der Waals surface area contributed by atoms with Crippen molar-refractivity contribution in [2.45, 2.75) is 29.6 Å². The summed E-state index contributed by atoms with van der Waals surface area (Å²) in [5.41, 5.74) is -4.13. The summed E-state index contributed by atoms with van der Waals surface area (Å²) in [6, 6.07) is 3.92. The Morgan fingerprint density at radius 3 is 2.58 bits per heavy atom. The largest absolute Gasteiger partial charge is 0.494 e. The summed E-state index contributed by atoms with van der Waals surface area (Å²) < 4.78 is 42.2. The van der Waals surface area contributed by atoms with E-state index in [1.807, 2.05) is 0 Å². The summed E-state index contributed by atoms with van der Waals surface area (Å²) in [5, 5.41) is -1.02. The van der Waals surface area contributed by atoms with E-state index in [9.17, 15) is 18.0 Å². The van der Waals surface area contributed by atoms with Gasteiger partial charge in [-0.3, -0.25) is 4.79 Å². The van der Waals surface area contributed by atoms with Crippen molar-refractivity contribution in [2.75, 3.05) is 6.61 Å². The number of ketones is 1. The first-order chi connectivity index (χ1) is 8.74. The molecule has 0 aromatic heterocycles. The van der Waals surface area contributed by atoms with Crippen molar-refractivity contribution in [3.8, 4) is 5.75 Å². The van der Waals surface area contributed by atoms with Gasteiger partial charge in [-0.25, -0.2) is 0 Å². The van der Waals surface area contributed by atoms with E-state index in [1.165, 1.54) is 25.1 Å². The van der Waals surface area contributed by atoms with Gasteiger partial charge in [-0.1, -0.05) is 0 Å². The van der Waals surface area contributed by atoms with E-state index in [0.717, 1.165) is 0 Å². The molecule has 19 heavy (non-hydrogen) atoms. The summed E-state index contributed by atoms with van der Waals surface area (Å²) >= 11 is 5.65. The Balaban J connectivity index is 3.14. The maximum Gasteiger partial charge on any atom is 0.446 e. The monoisotopic (exact) mass is 312 g/mol. The van der Waals surface area contributed by atoms with E-state index in [-0.39, 0.29) is 28.0 Å². The van der Waals surface area contributed by atoms with Crippen LogP contribution in [0.2, 0.25) is 0 Å². The summed E-state index contributed by atoms with van der Waals surface area (Å²) in [4.78, 5) is 11.3. The number of hydrogen-bond donors (Lipinski definition) is 0. The number of carbonyl (C=O) groups is 1. The van der Waals surface area contributed by atoms with Gasteiger partial charge in [0.1, 0.15) is 11.1 Å². The maximum absolute atomic E-state index is 12.3. The van der Waals surface area contributed by atoms with E-state index in [1.54, 1.807) is 6.92 Å². The van der Waals surface area contributed by atoms with E-state index in [2.05, 4.69) is 0 Å². The van der Waals surface area contributed by atoms with Crippen LogP contribution < -0.4 is 4.74 Å². The SMILES string of the molecule is CCOc1ccc(SC(F)(F)F)cc1C(Cl)C(C)=O. The van der Waals surface area contributed by atoms with Gasteiger partial charge in [0.25, 0.3) is 0 Å². The predicted octanol–water partition coefficient (Wildman–Crippen LogP) is 4.57. The second-order valence-corrected chi connectivity index (χ2v) is 5.23. The highest BCUT2D eigenvalue weighted by Crippen LogP contribution is 2.40. The molecule has 0 amide bonds. The molecule has 0 saturated heterocycles. The first-order valence-corrected chi connectivity index (χ1v) is 6.67. The average Bonchev–Trinajstić information content (AvgIpc) is 2.28. The molecule has 0 N–H and O–H groups in total. The van der Waals surface area contributed by atoms with Gasteiger partial charge in [-0.05, 0) is 43.8 Å². The molecule has 1 unspecified atom stereocenters. The molecule has 7 heteroatoms. The number of ether oxygens (including phenoxy) is 1. The molecule has 0 aliphatic heterocycles. The lowest BCUT2D eigenvalue weighted by Crippen LogP contribution is -2.06. The van der Waals surface area contributed by atoms with Crippen LogP contribution >= 0.6 is 23.4 Å². The number of rotatable bonds is 5. The van der Waals surface area contributed by atoms with Gasteiger partial charge in [0, 0.05) is 10.5 Å². The summed E-state index contributed by atoms with van der Waals surface area (Å²) in [7, 11) is 0. The minimum atomic E-state index is -4.39. The van der Waals surface area contributed by atoms with Crippen LogP contribution in [-0.4, -0.2) is 17.9 Å². The maximum atomic E-state index is 12.3. The number of alkyl halides is 4. The van der Waals surface area contributed by atoms with Crippen LogP contribution in [0, 0.1) is 0 Å². The van der Waals surface area contributed by atoms with E-state index in [4.69, 9.17) is 16.3 Å². The third-order valence-electron chi connectivity index (χ3n) is 2.14. The molecule has 0 saturated carbocycles. The van der Waals surface area contributed by atoms with Crippen molar-refractivity contribution < 1.29 is 22.7 Å². The minimum absolute atomic E-state index is 0.0298. The molecule has 0 fully saturated rings. The molecule has 0 aliphatic rings. The van der Waals surface area contributed by atoms with Gasteiger partial charge < -0.3 is 4.74 Å². The van der Waals surface area contributed by atoms with Gasteiger partial charge >= 0.3 is 5.51 Å². The molecule has 0 bridgehead atoms. The van der Waals surface area contributed by atoms with Gasteiger partial charge in [0.15, 0.2) is 5.78 Å². The Kier molecular flexibility index (Phi) is 5.55. The smallest absolute Gasteiger partial charge is 0.446 e. The van der Waals surface area contributed by atoms with Crippen molar-refractivity contribution in [2.24, 2.45) is 0 Å². The summed E-state index contributed by atoms with van der Waals surface area (Å²) in [6.07, 6.45) is 0. The van der Waals surface area contributed by atoms with Gasteiger partial charge in [-0.15, -0.1) is 11.6 Å². The molecule has 0 heterocycles. The molecule has 2 nitrogen and oxygen atoms in total. The third-order valence-corrected chi connectivity index (χ3v) is 3.41. The number of carbonyl (C=O) groups excluding carboxylic acids is 1. The Hall–Kier alpha value is -0.880. The molecule has 106 valence electrons. The Labute approximate surface area is 118 Å². The zero-order chi connectivity index (χ0) is 14.6. The van der Waals surface area contributed by atoms with E-state index < -0.39 is 10.9 Å². The van der Waals surface area contributed by atoms with Crippen LogP contribution in [0.5, 0.6) is 5.75 Å². The number of hydrogen-bond acceptors (Lipinski definition) is 3. The van der Waals surface area contributed by atoms with E-state index in [0.29, 0.717) is 12.4 Å².